The summed E-state index contributed by atoms with van der Waals surface area (Å²) in [7, 11) is 0. The minimum Gasteiger partial charge on any atom is -0.340 e. The average molecular weight is 183 g/mol. The molecule has 2 nitrogen and oxygen atoms in total. The quantitative estimate of drug-likeness (QED) is 0.656. The molecule has 1 aliphatic rings. The zero-order valence-corrected chi connectivity index (χ0v) is 8.88. The van der Waals surface area contributed by atoms with Gasteiger partial charge in [0.25, 0.3) is 0 Å². The van der Waals surface area contributed by atoms with Crippen molar-refractivity contribution in [1.82, 2.24) is 4.90 Å². The van der Waals surface area contributed by atoms with Crippen LogP contribution in [-0.2, 0) is 4.79 Å². The first kappa shape index (κ1) is 10.6. The Labute approximate surface area is 81.3 Å². The third-order valence-electron chi connectivity index (χ3n) is 2.92. The molecule has 1 heterocycles. The zero-order chi connectivity index (χ0) is 9.68. The van der Waals surface area contributed by atoms with Crippen molar-refractivity contribution < 1.29 is 4.79 Å². The van der Waals surface area contributed by atoms with Crippen LogP contribution < -0.4 is 0 Å². The Morgan fingerprint density at radius 3 is 2.85 bits per heavy atom. The SMILES string of the molecule is CCCCC1CCCC(=O)N1CC. The number of unbranched alkanes of at least 4 members (excludes halogenated alkanes) is 1. The molecular formula is C11H21NO. The highest BCUT2D eigenvalue weighted by atomic mass is 16.2. The molecule has 0 aromatic carbocycles. The van der Waals surface area contributed by atoms with E-state index < -0.39 is 0 Å². The number of rotatable bonds is 4. The Bertz CT molecular complexity index is 167. The van der Waals surface area contributed by atoms with Gasteiger partial charge in [0.1, 0.15) is 0 Å². The fraction of sp³-hybridized carbons (Fsp3) is 0.909. The molecule has 0 spiro atoms. The van der Waals surface area contributed by atoms with Crippen LogP contribution in [0.2, 0.25) is 0 Å². The van der Waals surface area contributed by atoms with E-state index in [0.717, 1.165) is 19.4 Å². The molecule has 0 aromatic heterocycles. The van der Waals surface area contributed by atoms with Gasteiger partial charge in [0.05, 0.1) is 0 Å². The molecule has 1 unspecified atom stereocenters. The highest BCUT2D eigenvalue weighted by Gasteiger charge is 2.25. The summed E-state index contributed by atoms with van der Waals surface area (Å²) >= 11 is 0. The van der Waals surface area contributed by atoms with Gasteiger partial charge in [-0.15, -0.1) is 0 Å². The van der Waals surface area contributed by atoms with Gasteiger partial charge >= 0.3 is 0 Å². The van der Waals surface area contributed by atoms with E-state index in [0.29, 0.717) is 11.9 Å². The normalized spacial score (nSPS) is 23.7. The molecule has 76 valence electrons. The molecular weight excluding hydrogens is 162 g/mol. The molecule has 0 aromatic rings. The van der Waals surface area contributed by atoms with Gasteiger partial charge in [0, 0.05) is 19.0 Å². The first-order valence-electron chi connectivity index (χ1n) is 5.59. The molecule has 0 radical (unpaired) electrons. The summed E-state index contributed by atoms with van der Waals surface area (Å²) in [5.74, 6) is 0.370. The van der Waals surface area contributed by atoms with Crippen LogP contribution in [0.15, 0.2) is 0 Å². The van der Waals surface area contributed by atoms with Crippen LogP contribution in [0.4, 0.5) is 0 Å². The van der Waals surface area contributed by atoms with E-state index in [-0.39, 0.29) is 0 Å². The molecule has 1 rings (SSSR count). The van der Waals surface area contributed by atoms with Crippen molar-refractivity contribution in [2.45, 2.75) is 58.4 Å². The minimum absolute atomic E-state index is 0.370. The number of piperidine rings is 1. The number of hydrogen-bond donors (Lipinski definition) is 0. The minimum atomic E-state index is 0.370. The molecule has 0 saturated carbocycles. The van der Waals surface area contributed by atoms with E-state index in [1.54, 1.807) is 0 Å². The van der Waals surface area contributed by atoms with Crippen LogP contribution >= 0.6 is 0 Å². The third kappa shape index (κ3) is 2.71. The predicted molar refractivity (Wildman–Crippen MR) is 54.6 cm³/mol. The lowest BCUT2D eigenvalue weighted by Crippen LogP contribution is -2.43. The van der Waals surface area contributed by atoms with E-state index in [2.05, 4.69) is 18.7 Å². The lowest BCUT2D eigenvalue weighted by molar-refractivity contribution is -0.136. The van der Waals surface area contributed by atoms with Gasteiger partial charge in [-0.05, 0) is 26.2 Å². The van der Waals surface area contributed by atoms with Crippen molar-refractivity contribution >= 4 is 5.91 Å². The van der Waals surface area contributed by atoms with E-state index >= 15 is 0 Å². The topological polar surface area (TPSA) is 20.3 Å². The summed E-state index contributed by atoms with van der Waals surface area (Å²) in [6, 6.07) is 0.547. The van der Waals surface area contributed by atoms with Crippen LogP contribution in [0.5, 0.6) is 0 Å². The highest BCUT2D eigenvalue weighted by Crippen LogP contribution is 2.21. The van der Waals surface area contributed by atoms with Gasteiger partial charge in [-0.1, -0.05) is 19.8 Å². The first-order chi connectivity index (χ1) is 6.29. The number of carbonyl (C=O) groups is 1. The second-order valence-corrected chi connectivity index (χ2v) is 3.87. The summed E-state index contributed by atoms with van der Waals surface area (Å²) in [5.41, 5.74) is 0. The molecule has 0 N–H and O–H groups in total. The maximum Gasteiger partial charge on any atom is 0.222 e. The van der Waals surface area contributed by atoms with Gasteiger partial charge in [0.2, 0.25) is 5.91 Å². The predicted octanol–water partition coefficient (Wildman–Crippen LogP) is 2.58. The Morgan fingerprint density at radius 2 is 2.23 bits per heavy atom. The molecule has 13 heavy (non-hydrogen) atoms. The fourth-order valence-corrected chi connectivity index (χ4v) is 2.17. The van der Waals surface area contributed by atoms with Gasteiger partial charge in [0.15, 0.2) is 0 Å². The first-order valence-corrected chi connectivity index (χ1v) is 5.59. The Hall–Kier alpha value is -0.530. The standard InChI is InChI=1S/C11H21NO/c1-3-5-7-10-8-6-9-11(13)12(10)4-2/h10H,3-9H2,1-2H3. The van der Waals surface area contributed by atoms with E-state index in [9.17, 15) is 4.79 Å². The van der Waals surface area contributed by atoms with Crippen LogP contribution in [0.1, 0.15) is 52.4 Å². The Kier molecular flexibility index (Phi) is 4.26. The molecule has 2 heteroatoms. The molecule has 0 aliphatic carbocycles. The van der Waals surface area contributed by atoms with Crippen LogP contribution in [0, 0.1) is 0 Å². The lowest BCUT2D eigenvalue weighted by atomic mass is 9.97. The summed E-state index contributed by atoms with van der Waals surface area (Å²) < 4.78 is 0. The van der Waals surface area contributed by atoms with Gasteiger partial charge in [-0.25, -0.2) is 0 Å². The molecule has 1 saturated heterocycles. The molecule has 1 aliphatic heterocycles. The summed E-state index contributed by atoms with van der Waals surface area (Å²) in [4.78, 5) is 13.6. The zero-order valence-electron chi connectivity index (χ0n) is 8.88. The summed E-state index contributed by atoms with van der Waals surface area (Å²) in [6.07, 6.45) is 6.80. The van der Waals surface area contributed by atoms with E-state index in [1.165, 1.54) is 25.7 Å². The van der Waals surface area contributed by atoms with Crippen LogP contribution in [0.25, 0.3) is 0 Å². The van der Waals surface area contributed by atoms with Crippen molar-refractivity contribution in [2.75, 3.05) is 6.54 Å². The highest BCUT2D eigenvalue weighted by molar-refractivity contribution is 5.77. The maximum atomic E-state index is 11.5. The Balaban J connectivity index is 2.44. The smallest absolute Gasteiger partial charge is 0.222 e. The molecule has 0 bridgehead atoms. The summed E-state index contributed by atoms with van der Waals surface area (Å²) in [5, 5.41) is 0. The van der Waals surface area contributed by atoms with Gasteiger partial charge in [-0.2, -0.15) is 0 Å². The maximum absolute atomic E-state index is 11.5. The van der Waals surface area contributed by atoms with Crippen molar-refractivity contribution in [3.05, 3.63) is 0 Å². The molecule has 1 atom stereocenters. The second kappa shape index (κ2) is 5.25. The lowest BCUT2D eigenvalue weighted by Gasteiger charge is -2.35. The summed E-state index contributed by atoms with van der Waals surface area (Å²) in [6.45, 7) is 5.19. The van der Waals surface area contributed by atoms with E-state index in [1.807, 2.05) is 0 Å². The van der Waals surface area contributed by atoms with E-state index in [4.69, 9.17) is 0 Å². The van der Waals surface area contributed by atoms with Crippen molar-refractivity contribution in [3.63, 3.8) is 0 Å². The Morgan fingerprint density at radius 1 is 1.46 bits per heavy atom. The largest absolute Gasteiger partial charge is 0.340 e. The number of hydrogen-bond acceptors (Lipinski definition) is 1. The third-order valence-corrected chi connectivity index (χ3v) is 2.92. The molecule has 1 fully saturated rings. The van der Waals surface area contributed by atoms with Gasteiger partial charge in [-0.3, -0.25) is 4.79 Å². The van der Waals surface area contributed by atoms with Crippen LogP contribution in [0.3, 0.4) is 0 Å². The number of amides is 1. The average Bonchev–Trinajstić information content (AvgIpc) is 2.15. The van der Waals surface area contributed by atoms with Crippen molar-refractivity contribution in [3.8, 4) is 0 Å². The van der Waals surface area contributed by atoms with Crippen molar-refractivity contribution in [1.29, 1.82) is 0 Å². The second-order valence-electron chi connectivity index (χ2n) is 3.87. The number of nitrogens with zero attached hydrogens (tertiary/aromatic N) is 1. The number of carbonyl (C=O) groups excluding carboxylic acids is 1. The van der Waals surface area contributed by atoms with Gasteiger partial charge < -0.3 is 4.90 Å². The monoisotopic (exact) mass is 183 g/mol. The van der Waals surface area contributed by atoms with Crippen LogP contribution in [-0.4, -0.2) is 23.4 Å². The molecule has 1 amide bonds. The number of likely N-dealkylation sites (tertiary alicyclic amines) is 1. The fourth-order valence-electron chi connectivity index (χ4n) is 2.17. The van der Waals surface area contributed by atoms with Crippen molar-refractivity contribution in [2.24, 2.45) is 0 Å².